The molecule has 2 nitrogen and oxygen atoms in total. The van der Waals surface area contributed by atoms with E-state index >= 15 is 0 Å². The first-order chi connectivity index (χ1) is 6.13. The van der Waals surface area contributed by atoms with Crippen LogP contribution < -0.4 is 5.32 Å². The van der Waals surface area contributed by atoms with Crippen LogP contribution in [0.4, 0.5) is 0 Å². The van der Waals surface area contributed by atoms with Crippen LogP contribution in [0.2, 0.25) is 0 Å². The van der Waals surface area contributed by atoms with Gasteiger partial charge >= 0.3 is 0 Å². The zero-order valence-electron chi connectivity index (χ0n) is 9.14. The van der Waals surface area contributed by atoms with Gasteiger partial charge in [0.2, 0.25) is 0 Å². The summed E-state index contributed by atoms with van der Waals surface area (Å²) < 4.78 is 10.7. The second kappa shape index (κ2) is 8.70. The number of rotatable bonds is 8. The molecule has 0 amide bonds. The predicted octanol–water partition coefficient (Wildman–Crippen LogP) is 1.78. The van der Waals surface area contributed by atoms with Crippen LogP contribution in [0.1, 0.15) is 33.1 Å². The van der Waals surface area contributed by atoms with Crippen LogP contribution in [-0.4, -0.2) is 29.3 Å². The number of hydrogen-bond donors (Lipinski definition) is 1. The van der Waals surface area contributed by atoms with Gasteiger partial charge in [0.15, 0.2) is 0 Å². The fourth-order valence-corrected chi connectivity index (χ4v) is 1.71. The minimum Gasteiger partial charge on any atom is -0.317 e. The summed E-state index contributed by atoms with van der Waals surface area (Å²) in [5.41, 5.74) is 0. The van der Waals surface area contributed by atoms with Crippen molar-refractivity contribution in [1.29, 1.82) is 0 Å². The topological polar surface area (TPSA) is 29.1 Å². The molecular formula is C10H23NOS. The van der Waals surface area contributed by atoms with Gasteiger partial charge < -0.3 is 5.32 Å². The molecule has 0 aromatic heterocycles. The van der Waals surface area contributed by atoms with Crippen molar-refractivity contribution in [3.05, 3.63) is 0 Å². The molecule has 1 atom stereocenters. The van der Waals surface area contributed by atoms with Crippen molar-refractivity contribution in [2.75, 3.05) is 25.1 Å². The summed E-state index contributed by atoms with van der Waals surface area (Å²) in [5, 5.41) is 3.36. The van der Waals surface area contributed by atoms with Crippen molar-refractivity contribution in [3.8, 4) is 0 Å². The lowest BCUT2D eigenvalue weighted by Gasteiger charge is -2.05. The van der Waals surface area contributed by atoms with Gasteiger partial charge in [-0.1, -0.05) is 13.8 Å². The van der Waals surface area contributed by atoms with Gasteiger partial charge in [0.25, 0.3) is 0 Å². The third-order valence-electron chi connectivity index (χ3n) is 1.92. The molecule has 0 radical (unpaired) electrons. The third kappa shape index (κ3) is 12.1. The first kappa shape index (κ1) is 13.1. The summed E-state index contributed by atoms with van der Waals surface area (Å²) in [6.07, 6.45) is 5.35. The van der Waals surface area contributed by atoms with E-state index in [4.69, 9.17) is 0 Å². The molecule has 0 aliphatic heterocycles. The Balaban J connectivity index is 2.96. The molecule has 13 heavy (non-hydrogen) atoms. The normalized spacial score (nSPS) is 13.5. The van der Waals surface area contributed by atoms with Crippen LogP contribution in [0.3, 0.4) is 0 Å². The van der Waals surface area contributed by atoms with Crippen LogP contribution in [0.25, 0.3) is 0 Å². The molecule has 0 heterocycles. The Morgan fingerprint density at radius 3 is 2.38 bits per heavy atom. The minimum atomic E-state index is -0.620. The van der Waals surface area contributed by atoms with Crippen LogP contribution in [0.15, 0.2) is 0 Å². The van der Waals surface area contributed by atoms with Crippen molar-refractivity contribution >= 4 is 10.8 Å². The second-order valence-corrected chi connectivity index (χ2v) is 5.47. The molecule has 0 saturated carbocycles. The lowest BCUT2D eigenvalue weighted by molar-refractivity contribution is 0.527. The Hall–Kier alpha value is 0.110. The van der Waals surface area contributed by atoms with Gasteiger partial charge in [-0.05, 0) is 38.3 Å². The van der Waals surface area contributed by atoms with Gasteiger partial charge in [-0.3, -0.25) is 4.21 Å². The summed E-state index contributed by atoms with van der Waals surface area (Å²) in [7, 11) is -0.620. The number of nitrogens with one attached hydrogen (secondary N) is 1. The molecule has 0 fully saturated rings. The Kier molecular flexibility index (Phi) is 8.77. The third-order valence-corrected chi connectivity index (χ3v) is 2.78. The van der Waals surface area contributed by atoms with Crippen molar-refractivity contribution in [1.82, 2.24) is 5.32 Å². The highest BCUT2D eigenvalue weighted by atomic mass is 32.2. The standard InChI is InChI=1S/C10H23NOS/c1-10(2)6-4-7-11-8-5-9-13(3)12/h10-11H,4-9H2,1-3H3. The van der Waals surface area contributed by atoms with Crippen LogP contribution in [0.5, 0.6) is 0 Å². The minimum absolute atomic E-state index is 0.620. The maximum atomic E-state index is 10.7. The van der Waals surface area contributed by atoms with Gasteiger partial charge in [0.1, 0.15) is 0 Å². The fourth-order valence-electron chi connectivity index (χ4n) is 1.16. The fraction of sp³-hybridized carbons (Fsp3) is 1.00. The monoisotopic (exact) mass is 205 g/mol. The highest BCUT2D eigenvalue weighted by Crippen LogP contribution is 2.01. The molecule has 0 spiro atoms. The molecule has 0 aromatic rings. The maximum Gasteiger partial charge on any atom is 0.0244 e. The van der Waals surface area contributed by atoms with E-state index in [9.17, 15) is 4.21 Å². The molecule has 1 N–H and O–H groups in total. The lowest BCUT2D eigenvalue weighted by Crippen LogP contribution is -2.18. The van der Waals surface area contributed by atoms with Crippen LogP contribution in [-0.2, 0) is 10.8 Å². The highest BCUT2D eigenvalue weighted by molar-refractivity contribution is 7.84. The molecule has 0 aliphatic rings. The smallest absolute Gasteiger partial charge is 0.0244 e. The SMILES string of the molecule is CC(C)CCCNCCCS(C)=O. The number of hydrogen-bond acceptors (Lipinski definition) is 2. The zero-order valence-corrected chi connectivity index (χ0v) is 9.95. The van der Waals surface area contributed by atoms with Crippen molar-refractivity contribution in [2.24, 2.45) is 5.92 Å². The lowest BCUT2D eigenvalue weighted by atomic mass is 10.1. The summed E-state index contributed by atoms with van der Waals surface area (Å²) >= 11 is 0. The predicted molar refractivity (Wildman–Crippen MR) is 60.5 cm³/mol. The van der Waals surface area contributed by atoms with Crippen LogP contribution >= 0.6 is 0 Å². The molecule has 0 saturated heterocycles. The first-order valence-electron chi connectivity index (χ1n) is 5.13. The van der Waals surface area contributed by atoms with Crippen molar-refractivity contribution in [3.63, 3.8) is 0 Å². The van der Waals surface area contributed by atoms with E-state index in [-0.39, 0.29) is 0 Å². The van der Waals surface area contributed by atoms with Gasteiger partial charge in [0, 0.05) is 22.8 Å². The van der Waals surface area contributed by atoms with E-state index < -0.39 is 10.8 Å². The van der Waals surface area contributed by atoms with E-state index in [1.165, 1.54) is 12.8 Å². The largest absolute Gasteiger partial charge is 0.317 e. The van der Waals surface area contributed by atoms with E-state index in [1.807, 2.05) is 0 Å². The van der Waals surface area contributed by atoms with Gasteiger partial charge in [-0.2, -0.15) is 0 Å². The van der Waals surface area contributed by atoms with Gasteiger partial charge in [-0.25, -0.2) is 0 Å². The average molecular weight is 205 g/mol. The quantitative estimate of drug-likeness (QED) is 0.612. The molecule has 80 valence electrons. The van der Waals surface area contributed by atoms with Gasteiger partial charge in [0.05, 0.1) is 0 Å². The molecular weight excluding hydrogens is 182 g/mol. The maximum absolute atomic E-state index is 10.7. The average Bonchev–Trinajstić information content (AvgIpc) is 2.01. The Morgan fingerprint density at radius 1 is 1.23 bits per heavy atom. The molecule has 3 heteroatoms. The summed E-state index contributed by atoms with van der Waals surface area (Å²) in [5.74, 6) is 1.64. The summed E-state index contributed by atoms with van der Waals surface area (Å²) in [6, 6.07) is 0. The van der Waals surface area contributed by atoms with E-state index in [0.29, 0.717) is 0 Å². The summed E-state index contributed by atoms with van der Waals surface area (Å²) in [6.45, 7) is 6.62. The molecule has 1 unspecified atom stereocenters. The Labute approximate surface area is 84.9 Å². The van der Waals surface area contributed by atoms with E-state index in [1.54, 1.807) is 6.26 Å². The molecule has 0 rings (SSSR count). The van der Waals surface area contributed by atoms with Gasteiger partial charge in [-0.15, -0.1) is 0 Å². The second-order valence-electron chi connectivity index (χ2n) is 3.92. The van der Waals surface area contributed by atoms with E-state index in [0.717, 1.165) is 31.2 Å². The zero-order chi connectivity index (χ0) is 10.1. The van der Waals surface area contributed by atoms with E-state index in [2.05, 4.69) is 19.2 Å². The van der Waals surface area contributed by atoms with Crippen molar-refractivity contribution < 1.29 is 4.21 Å². The molecule has 0 aromatic carbocycles. The van der Waals surface area contributed by atoms with Crippen LogP contribution in [0, 0.1) is 5.92 Å². The summed E-state index contributed by atoms with van der Waals surface area (Å²) in [4.78, 5) is 0. The Bertz CT molecular complexity index is 137. The highest BCUT2D eigenvalue weighted by Gasteiger charge is 1.94. The first-order valence-corrected chi connectivity index (χ1v) is 6.86. The molecule has 0 aliphatic carbocycles. The Morgan fingerprint density at radius 2 is 1.85 bits per heavy atom. The molecule has 0 bridgehead atoms. The van der Waals surface area contributed by atoms with Crippen molar-refractivity contribution in [2.45, 2.75) is 33.1 Å².